The van der Waals surface area contributed by atoms with Crippen molar-refractivity contribution in [1.29, 1.82) is 0 Å². The third-order valence-electron chi connectivity index (χ3n) is 3.61. The van der Waals surface area contributed by atoms with E-state index in [1.807, 2.05) is 0 Å². The zero-order valence-corrected chi connectivity index (χ0v) is 11.7. The monoisotopic (exact) mass is 241 g/mol. The highest BCUT2D eigenvalue weighted by molar-refractivity contribution is 5.30. The van der Waals surface area contributed by atoms with Crippen molar-refractivity contribution in [1.82, 2.24) is 4.90 Å². The normalized spacial score (nSPS) is 19.5. The van der Waals surface area contributed by atoms with Crippen molar-refractivity contribution < 1.29 is 0 Å². The molecule has 0 aromatic heterocycles. The van der Waals surface area contributed by atoms with Crippen LogP contribution in [0, 0.1) is 0 Å². The van der Waals surface area contributed by atoms with Crippen LogP contribution in [0.15, 0.2) is 53.8 Å². The molecule has 0 saturated carbocycles. The van der Waals surface area contributed by atoms with Gasteiger partial charge in [0.15, 0.2) is 0 Å². The first kappa shape index (κ1) is 12.9. The molecular weight excluding hydrogens is 218 g/mol. The Bertz CT molecular complexity index is 442. The second-order valence-electron chi connectivity index (χ2n) is 5.03. The minimum atomic E-state index is 0.568. The van der Waals surface area contributed by atoms with Crippen molar-refractivity contribution in [3.63, 3.8) is 0 Å². The molecule has 1 heterocycles. The van der Waals surface area contributed by atoms with Crippen molar-refractivity contribution in [3.8, 4) is 0 Å². The van der Waals surface area contributed by atoms with Gasteiger partial charge >= 0.3 is 0 Å². The maximum absolute atomic E-state index is 2.49. The van der Waals surface area contributed by atoms with Crippen LogP contribution >= 0.6 is 0 Å². The summed E-state index contributed by atoms with van der Waals surface area (Å²) in [5.74, 6) is 0. The van der Waals surface area contributed by atoms with Crippen LogP contribution in [-0.4, -0.2) is 10.9 Å². The molecule has 0 aliphatic carbocycles. The Morgan fingerprint density at radius 2 is 1.83 bits per heavy atom. The van der Waals surface area contributed by atoms with Crippen LogP contribution in [0.5, 0.6) is 0 Å². The van der Waals surface area contributed by atoms with Gasteiger partial charge in [0.1, 0.15) is 0 Å². The zero-order chi connectivity index (χ0) is 13.0. The number of hydrogen-bond donors (Lipinski definition) is 0. The van der Waals surface area contributed by atoms with Gasteiger partial charge in [-0.15, -0.1) is 0 Å². The maximum Gasteiger partial charge on any atom is 0.0501 e. The van der Waals surface area contributed by atoms with E-state index in [0.29, 0.717) is 6.04 Å². The summed E-state index contributed by atoms with van der Waals surface area (Å²) in [6.45, 7) is 7.74. The molecule has 1 aliphatic rings. The second-order valence-corrected chi connectivity index (χ2v) is 5.03. The lowest BCUT2D eigenvalue weighted by atomic mass is 9.95. The lowest BCUT2D eigenvalue weighted by molar-refractivity contribution is 0.282. The number of benzene rings is 1. The Morgan fingerprint density at radius 3 is 2.44 bits per heavy atom. The van der Waals surface area contributed by atoms with Crippen LogP contribution in [0.2, 0.25) is 0 Å². The molecule has 0 spiro atoms. The molecule has 1 aromatic rings. The van der Waals surface area contributed by atoms with E-state index < -0.39 is 0 Å². The van der Waals surface area contributed by atoms with Crippen LogP contribution in [0.1, 0.15) is 39.2 Å². The topological polar surface area (TPSA) is 3.24 Å². The van der Waals surface area contributed by atoms with E-state index in [1.54, 1.807) is 5.57 Å². The number of hydrogen-bond acceptors (Lipinski definition) is 1. The van der Waals surface area contributed by atoms with E-state index >= 15 is 0 Å². The van der Waals surface area contributed by atoms with Crippen LogP contribution in [0.4, 0.5) is 0 Å². The molecule has 1 aliphatic heterocycles. The molecule has 18 heavy (non-hydrogen) atoms. The highest BCUT2D eigenvalue weighted by Crippen LogP contribution is 2.26. The number of allylic oxidation sites excluding steroid dienone is 2. The van der Waals surface area contributed by atoms with Gasteiger partial charge in [0.05, 0.1) is 6.04 Å². The van der Waals surface area contributed by atoms with Crippen molar-refractivity contribution >= 4 is 0 Å². The molecule has 1 unspecified atom stereocenters. The molecule has 2 rings (SSSR count). The number of rotatable bonds is 4. The molecule has 0 radical (unpaired) electrons. The molecule has 0 amide bonds. The van der Waals surface area contributed by atoms with Gasteiger partial charge in [-0.25, -0.2) is 0 Å². The second kappa shape index (κ2) is 5.90. The standard InChI is InChI=1S/C17H23N/c1-4-16-11-14(3)12-18(17(16)5-2)13-15-9-7-6-8-10-15/h6-12,17H,4-5,13H2,1-3H3. The van der Waals surface area contributed by atoms with Crippen molar-refractivity contribution in [2.45, 2.75) is 46.2 Å². The van der Waals surface area contributed by atoms with Gasteiger partial charge < -0.3 is 4.90 Å². The largest absolute Gasteiger partial charge is 0.366 e. The van der Waals surface area contributed by atoms with Gasteiger partial charge in [-0.2, -0.15) is 0 Å². The van der Waals surface area contributed by atoms with Crippen LogP contribution in [0.25, 0.3) is 0 Å². The average molecular weight is 241 g/mol. The highest BCUT2D eigenvalue weighted by atomic mass is 15.1. The van der Waals surface area contributed by atoms with Crippen LogP contribution < -0.4 is 0 Å². The lowest BCUT2D eigenvalue weighted by Crippen LogP contribution is -2.33. The van der Waals surface area contributed by atoms with Gasteiger partial charge in [0.25, 0.3) is 0 Å². The highest BCUT2D eigenvalue weighted by Gasteiger charge is 2.20. The predicted molar refractivity (Wildman–Crippen MR) is 78.2 cm³/mol. The molecular formula is C17H23N. The average Bonchev–Trinajstić information content (AvgIpc) is 2.39. The Balaban J connectivity index is 2.19. The Morgan fingerprint density at radius 1 is 1.11 bits per heavy atom. The van der Waals surface area contributed by atoms with Gasteiger partial charge in [0, 0.05) is 12.7 Å². The van der Waals surface area contributed by atoms with Crippen LogP contribution in [0.3, 0.4) is 0 Å². The number of nitrogens with zero attached hydrogens (tertiary/aromatic N) is 1. The van der Waals surface area contributed by atoms with E-state index in [1.165, 1.54) is 17.6 Å². The van der Waals surface area contributed by atoms with Crippen molar-refractivity contribution in [3.05, 3.63) is 59.3 Å². The molecule has 1 atom stereocenters. The molecule has 1 aromatic carbocycles. The van der Waals surface area contributed by atoms with Crippen molar-refractivity contribution in [2.24, 2.45) is 0 Å². The Hall–Kier alpha value is -1.50. The fourth-order valence-electron chi connectivity index (χ4n) is 2.77. The third kappa shape index (κ3) is 2.84. The summed E-state index contributed by atoms with van der Waals surface area (Å²) in [5, 5.41) is 0. The van der Waals surface area contributed by atoms with E-state index in [-0.39, 0.29) is 0 Å². The van der Waals surface area contributed by atoms with Gasteiger partial charge in [-0.1, -0.05) is 50.3 Å². The molecule has 0 N–H and O–H groups in total. The summed E-state index contributed by atoms with van der Waals surface area (Å²) < 4.78 is 0. The maximum atomic E-state index is 2.49. The molecule has 96 valence electrons. The molecule has 1 nitrogen and oxygen atoms in total. The van der Waals surface area contributed by atoms with Gasteiger partial charge in [-0.3, -0.25) is 0 Å². The van der Waals surface area contributed by atoms with Crippen LogP contribution in [-0.2, 0) is 6.54 Å². The van der Waals surface area contributed by atoms with Gasteiger partial charge in [-0.05, 0) is 36.5 Å². The third-order valence-corrected chi connectivity index (χ3v) is 3.61. The summed E-state index contributed by atoms with van der Waals surface area (Å²) in [4.78, 5) is 2.49. The minimum Gasteiger partial charge on any atom is -0.366 e. The summed E-state index contributed by atoms with van der Waals surface area (Å²) in [6, 6.07) is 11.3. The molecule has 0 fully saturated rings. The van der Waals surface area contributed by atoms with E-state index in [9.17, 15) is 0 Å². The Kier molecular flexibility index (Phi) is 4.24. The van der Waals surface area contributed by atoms with Gasteiger partial charge in [0.2, 0.25) is 0 Å². The van der Waals surface area contributed by atoms with Crippen molar-refractivity contribution in [2.75, 3.05) is 0 Å². The van der Waals surface area contributed by atoms with E-state index in [0.717, 1.165) is 13.0 Å². The van der Waals surface area contributed by atoms with E-state index in [2.05, 4.69) is 68.3 Å². The first-order chi connectivity index (χ1) is 8.74. The fourth-order valence-corrected chi connectivity index (χ4v) is 2.77. The summed E-state index contributed by atoms with van der Waals surface area (Å²) >= 11 is 0. The Labute approximate surface area is 111 Å². The molecule has 0 bridgehead atoms. The summed E-state index contributed by atoms with van der Waals surface area (Å²) in [5.41, 5.74) is 4.32. The molecule has 0 saturated heterocycles. The fraction of sp³-hybridized carbons (Fsp3) is 0.412. The summed E-state index contributed by atoms with van der Waals surface area (Å²) in [7, 11) is 0. The smallest absolute Gasteiger partial charge is 0.0501 e. The lowest BCUT2D eigenvalue weighted by Gasteiger charge is -2.35. The minimum absolute atomic E-state index is 0.568. The zero-order valence-electron chi connectivity index (χ0n) is 11.7. The SMILES string of the molecule is CCC1=CC(C)=CN(Cc2ccccc2)C1CC. The first-order valence-electron chi connectivity index (χ1n) is 6.93. The quantitative estimate of drug-likeness (QED) is 0.749. The summed E-state index contributed by atoms with van der Waals surface area (Å²) in [6.07, 6.45) is 6.99. The molecule has 1 heteroatoms. The predicted octanol–water partition coefficient (Wildman–Crippen LogP) is 4.52. The first-order valence-corrected chi connectivity index (χ1v) is 6.93. The van der Waals surface area contributed by atoms with E-state index in [4.69, 9.17) is 0 Å².